The summed E-state index contributed by atoms with van der Waals surface area (Å²) in [7, 11) is 0. The highest BCUT2D eigenvalue weighted by atomic mass is 35.5. The van der Waals surface area contributed by atoms with Crippen molar-refractivity contribution in [2.75, 3.05) is 23.7 Å². The van der Waals surface area contributed by atoms with Gasteiger partial charge in [-0.05, 0) is 48.6 Å². The summed E-state index contributed by atoms with van der Waals surface area (Å²) in [6, 6.07) is 13.5. The molecular weight excluding hydrogens is 335 g/mol. The maximum absolute atomic E-state index is 13.3. The third kappa shape index (κ3) is 3.97. The third-order valence-electron chi connectivity index (χ3n) is 3.24. The second kappa shape index (κ2) is 6.93. The zero-order chi connectivity index (χ0) is 16.2. The van der Waals surface area contributed by atoms with Crippen LogP contribution in [0.3, 0.4) is 0 Å². The van der Waals surface area contributed by atoms with E-state index in [9.17, 15) is 4.39 Å². The van der Waals surface area contributed by atoms with Gasteiger partial charge in [0.1, 0.15) is 5.82 Å². The molecule has 0 aliphatic carbocycles. The SMILES string of the molecule is Fc1cccc(NC(=S)N2CCN=C2Nc2cccc(Cl)c2)c1. The van der Waals surface area contributed by atoms with E-state index in [2.05, 4.69) is 15.6 Å². The molecule has 7 heteroatoms. The fraction of sp³-hybridized carbons (Fsp3) is 0.125. The predicted octanol–water partition coefficient (Wildman–Crippen LogP) is 3.96. The summed E-state index contributed by atoms with van der Waals surface area (Å²) in [5, 5.41) is 7.32. The average molecular weight is 349 g/mol. The quantitative estimate of drug-likeness (QED) is 0.806. The molecule has 0 atom stereocenters. The molecule has 0 bridgehead atoms. The number of nitrogens with zero attached hydrogens (tertiary/aromatic N) is 2. The minimum atomic E-state index is -0.315. The molecule has 1 aliphatic heterocycles. The van der Waals surface area contributed by atoms with Gasteiger partial charge in [-0.15, -0.1) is 0 Å². The van der Waals surface area contributed by atoms with E-state index < -0.39 is 0 Å². The van der Waals surface area contributed by atoms with Crippen molar-refractivity contribution in [3.63, 3.8) is 0 Å². The number of anilines is 2. The normalized spacial score (nSPS) is 13.7. The molecule has 3 rings (SSSR count). The van der Waals surface area contributed by atoms with Crippen LogP contribution in [0.4, 0.5) is 15.8 Å². The predicted molar refractivity (Wildman–Crippen MR) is 96.7 cm³/mol. The summed E-state index contributed by atoms with van der Waals surface area (Å²) in [6.07, 6.45) is 0. The van der Waals surface area contributed by atoms with Crippen LogP contribution in [0.15, 0.2) is 53.5 Å². The highest BCUT2D eigenvalue weighted by molar-refractivity contribution is 7.80. The minimum absolute atomic E-state index is 0.315. The van der Waals surface area contributed by atoms with Crippen LogP contribution in [0.5, 0.6) is 0 Å². The second-order valence-corrected chi connectivity index (χ2v) is 5.76. The fourth-order valence-electron chi connectivity index (χ4n) is 2.20. The summed E-state index contributed by atoms with van der Waals surface area (Å²) in [5.74, 6) is 0.325. The Labute approximate surface area is 144 Å². The van der Waals surface area contributed by atoms with Crippen molar-refractivity contribution in [1.82, 2.24) is 4.90 Å². The molecule has 0 fully saturated rings. The van der Waals surface area contributed by atoms with Gasteiger partial charge in [0, 0.05) is 22.9 Å². The van der Waals surface area contributed by atoms with E-state index in [1.54, 1.807) is 18.2 Å². The molecule has 4 nitrogen and oxygen atoms in total. The number of aliphatic imine (C=N–C) groups is 1. The van der Waals surface area contributed by atoms with Crippen LogP contribution in [-0.2, 0) is 0 Å². The van der Waals surface area contributed by atoms with Crippen molar-refractivity contribution in [2.45, 2.75) is 0 Å². The molecule has 0 spiro atoms. The molecule has 2 aromatic carbocycles. The Hall–Kier alpha value is -2.18. The molecule has 2 aromatic rings. The topological polar surface area (TPSA) is 39.7 Å². The van der Waals surface area contributed by atoms with Crippen LogP contribution in [0.2, 0.25) is 5.02 Å². The van der Waals surface area contributed by atoms with E-state index in [0.29, 0.717) is 34.9 Å². The van der Waals surface area contributed by atoms with Gasteiger partial charge in [-0.3, -0.25) is 9.89 Å². The highest BCUT2D eigenvalue weighted by Gasteiger charge is 2.21. The number of hydrogen-bond acceptors (Lipinski definition) is 3. The number of rotatable bonds is 2. The van der Waals surface area contributed by atoms with Crippen molar-refractivity contribution in [2.24, 2.45) is 4.99 Å². The van der Waals surface area contributed by atoms with Gasteiger partial charge >= 0.3 is 0 Å². The maximum Gasteiger partial charge on any atom is 0.204 e. The van der Waals surface area contributed by atoms with Crippen LogP contribution >= 0.6 is 23.8 Å². The van der Waals surface area contributed by atoms with E-state index in [0.717, 1.165) is 5.69 Å². The van der Waals surface area contributed by atoms with Gasteiger partial charge in [-0.25, -0.2) is 4.39 Å². The number of halogens is 2. The molecule has 0 saturated heterocycles. The van der Waals surface area contributed by atoms with Crippen LogP contribution in [0.1, 0.15) is 0 Å². The number of benzene rings is 2. The van der Waals surface area contributed by atoms with E-state index in [4.69, 9.17) is 23.8 Å². The van der Waals surface area contributed by atoms with Gasteiger partial charge < -0.3 is 10.6 Å². The molecule has 23 heavy (non-hydrogen) atoms. The second-order valence-electron chi connectivity index (χ2n) is 4.93. The molecule has 0 aromatic heterocycles. The zero-order valence-corrected chi connectivity index (χ0v) is 13.7. The molecule has 0 radical (unpaired) electrons. The van der Waals surface area contributed by atoms with E-state index in [1.807, 2.05) is 23.1 Å². The summed E-state index contributed by atoms with van der Waals surface area (Å²) >= 11 is 11.4. The van der Waals surface area contributed by atoms with E-state index >= 15 is 0 Å². The Kier molecular flexibility index (Phi) is 4.73. The minimum Gasteiger partial charge on any atom is -0.332 e. The first-order valence-electron chi connectivity index (χ1n) is 7.03. The van der Waals surface area contributed by atoms with Crippen molar-refractivity contribution >= 4 is 46.3 Å². The Morgan fingerprint density at radius 2 is 1.96 bits per heavy atom. The van der Waals surface area contributed by atoms with Crippen molar-refractivity contribution in [3.05, 3.63) is 59.4 Å². The lowest BCUT2D eigenvalue weighted by Crippen LogP contribution is -2.40. The van der Waals surface area contributed by atoms with Gasteiger partial charge in [0.25, 0.3) is 0 Å². The first-order chi connectivity index (χ1) is 11.1. The lowest BCUT2D eigenvalue weighted by Gasteiger charge is -2.22. The Balaban J connectivity index is 1.69. The smallest absolute Gasteiger partial charge is 0.204 e. The molecule has 1 aliphatic rings. The number of hydrogen-bond donors (Lipinski definition) is 2. The summed E-state index contributed by atoms with van der Waals surface area (Å²) in [6.45, 7) is 1.29. The van der Waals surface area contributed by atoms with Crippen molar-refractivity contribution in [1.29, 1.82) is 0 Å². The molecular formula is C16H14ClFN4S. The van der Waals surface area contributed by atoms with Crippen LogP contribution in [-0.4, -0.2) is 29.1 Å². The van der Waals surface area contributed by atoms with Gasteiger partial charge in [0.2, 0.25) is 5.96 Å². The van der Waals surface area contributed by atoms with E-state index in [-0.39, 0.29) is 5.82 Å². The average Bonchev–Trinajstić information content (AvgIpc) is 2.95. The largest absolute Gasteiger partial charge is 0.332 e. The summed E-state index contributed by atoms with van der Waals surface area (Å²) in [5.41, 5.74) is 1.43. The molecule has 0 saturated carbocycles. The molecule has 1 heterocycles. The maximum atomic E-state index is 13.3. The Bertz CT molecular complexity index is 765. The molecule has 0 amide bonds. The van der Waals surface area contributed by atoms with Crippen LogP contribution in [0, 0.1) is 5.82 Å². The zero-order valence-electron chi connectivity index (χ0n) is 12.1. The van der Waals surface area contributed by atoms with Crippen molar-refractivity contribution in [3.8, 4) is 0 Å². The molecule has 118 valence electrons. The summed E-state index contributed by atoms with van der Waals surface area (Å²) < 4.78 is 13.3. The molecule has 2 N–H and O–H groups in total. The van der Waals surface area contributed by atoms with Gasteiger partial charge in [0.15, 0.2) is 5.11 Å². The first-order valence-corrected chi connectivity index (χ1v) is 7.81. The number of guanidine groups is 1. The summed E-state index contributed by atoms with van der Waals surface area (Å²) in [4.78, 5) is 6.24. The third-order valence-corrected chi connectivity index (χ3v) is 3.80. The number of nitrogens with one attached hydrogen (secondary N) is 2. The highest BCUT2D eigenvalue weighted by Crippen LogP contribution is 2.17. The van der Waals surface area contributed by atoms with Crippen LogP contribution in [0.25, 0.3) is 0 Å². The Morgan fingerprint density at radius 1 is 1.17 bits per heavy atom. The fourth-order valence-corrected chi connectivity index (χ4v) is 2.69. The van der Waals surface area contributed by atoms with Gasteiger partial charge in [0.05, 0.1) is 6.54 Å². The molecule has 0 unspecified atom stereocenters. The lowest BCUT2D eigenvalue weighted by atomic mass is 10.3. The monoisotopic (exact) mass is 348 g/mol. The van der Waals surface area contributed by atoms with Crippen LogP contribution < -0.4 is 10.6 Å². The van der Waals surface area contributed by atoms with Gasteiger partial charge in [-0.1, -0.05) is 23.7 Å². The Morgan fingerprint density at radius 3 is 2.74 bits per heavy atom. The first kappa shape index (κ1) is 15.7. The lowest BCUT2D eigenvalue weighted by molar-refractivity contribution is 0.628. The standard InChI is InChI=1S/C16H14ClFN4S/c17-11-3-1-5-13(9-11)20-15-19-7-8-22(15)16(23)21-14-6-2-4-12(18)10-14/h1-6,9-10H,7-8H2,(H,19,20)(H,21,23). The number of thiocarbonyl (C=S) groups is 1. The van der Waals surface area contributed by atoms with Crippen molar-refractivity contribution < 1.29 is 4.39 Å². The van der Waals surface area contributed by atoms with E-state index in [1.165, 1.54) is 12.1 Å². The van der Waals surface area contributed by atoms with Gasteiger partial charge in [-0.2, -0.15) is 0 Å².